The fourth-order valence-corrected chi connectivity index (χ4v) is 6.26. The van der Waals surface area contributed by atoms with Crippen LogP contribution in [0.3, 0.4) is 0 Å². The number of fused-ring (bicyclic) bond motifs is 2. The van der Waals surface area contributed by atoms with Gasteiger partial charge in [-0.05, 0) is 60.7 Å². The molecule has 0 aromatic heterocycles. The molecule has 2 bridgehead atoms. The lowest BCUT2D eigenvalue weighted by molar-refractivity contribution is 0.0168. The number of nitriles is 1. The summed E-state index contributed by atoms with van der Waals surface area (Å²) in [6, 6.07) is 13.9. The Morgan fingerprint density at radius 3 is 2.44 bits per heavy atom. The van der Waals surface area contributed by atoms with Gasteiger partial charge < -0.3 is 9.84 Å². The van der Waals surface area contributed by atoms with Crippen molar-refractivity contribution in [2.45, 2.75) is 17.4 Å². The van der Waals surface area contributed by atoms with Crippen molar-refractivity contribution in [3.63, 3.8) is 0 Å². The van der Waals surface area contributed by atoms with Gasteiger partial charge in [0, 0.05) is 32.7 Å². The van der Waals surface area contributed by atoms with Gasteiger partial charge in [-0.1, -0.05) is 6.07 Å². The summed E-state index contributed by atoms with van der Waals surface area (Å²) in [7, 11) is -3.73. The number of nitrogens with zero attached hydrogens (tertiary/aromatic N) is 3. The van der Waals surface area contributed by atoms with Crippen LogP contribution in [0.25, 0.3) is 0 Å². The van der Waals surface area contributed by atoms with Crippen molar-refractivity contribution in [2.75, 3.05) is 39.3 Å². The molecule has 0 spiro atoms. The van der Waals surface area contributed by atoms with Gasteiger partial charge >= 0.3 is 0 Å². The summed E-state index contributed by atoms with van der Waals surface area (Å²) >= 11 is 0. The standard InChI is InChI=1S/C23H26FN3O4S/c24-20-2-1-3-23(9-20)32(29,30)27-13-18-8-19(14-27)12-26(11-18)15-21(28)16-31-22-6-4-17(10-25)5-7-22/h1-7,9,18-19,21,28H,8,11-16H2. The zero-order chi connectivity index (χ0) is 22.7. The number of likely N-dealkylation sites (tertiary alicyclic amines) is 1. The van der Waals surface area contributed by atoms with Gasteiger partial charge in [0.1, 0.15) is 24.3 Å². The number of aliphatic hydroxyl groups excluding tert-OH is 1. The van der Waals surface area contributed by atoms with E-state index in [1.54, 1.807) is 24.3 Å². The Morgan fingerprint density at radius 2 is 1.81 bits per heavy atom. The quantitative estimate of drug-likeness (QED) is 0.682. The number of hydrogen-bond donors (Lipinski definition) is 1. The van der Waals surface area contributed by atoms with Gasteiger partial charge in [0.25, 0.3) is 0 Å². The number of ether oxygens (including phenoxy) is 1. The summed E-state index contributed by atoms with van der Waals surface area (Å²) in [5, 5.41) is 19.3. The van der Waals surface area contributed by atoms with Crippen molar-refractivity contribution in [3.05, 3.63) is 59.9 Å². The minimum absolute atomic E-state index is 0.00953. The van der Waals surface area contributed by atoms with Gasteiger partial charge in [-0.15, -0.1) is 0 Å². The molecule has 170 valence electrons. The third-order valence-electron chi connectivity index (χ3n) is 5.95. The van der Waals surface area contributed by atoms with E-state index >= 15 is 0 Å². The Morgan fingerprint density at radius 1 is 1.12 bits per heavy atom. The van der Waals surface area contributed by atoms with Crippen LogP contribution >= 0.6 is 0 Å². The molecule has 2 heterocycles. The molecule has 2 aliphatic rings. The fraction of sp³-hybridized carbons (Fsp3) is 0.435. The van der Waals surface area contributed by atoms with Crippen molar-refractivity contribution < 1.29 is 22.7 Å². The lowest BCUT2D eigenvalue weighted by atomic mass is 9.85. The summed E-state index contributed by atoms with van der Waals surface area (Å²) in [4.78, 5) is 2.15. The zero-order valence-electron chi connectivity index (χ0n) is 17.6. The maximum absolute atomic E-state index is 13.5. The highest BCUT2D eigenvalue weighted by atomic mass is 32.2. The first kappa shape index (κ1) is 22.7. The average molecular weight is 460 g/mol. The van der Waals surface area contributed by atoms with Gasteiger partial charge in [-0.3, -0.25) is 4.90 Å². The molecule has 7 nitrogen and oxygen atoms in total. The van der Waals surface area contributed by atoms with Crippen molar-refractivity contribution in [2.24, 2.45) is 11.8 Å². The SMILES string of the molecule is N#Cc1ccc(OCC(O)CN2CC3CC(C2)CN(S(=O)(=O)c2cccc(F)c2)C3)cc1. The molecule has 2 aromatic rings. The van der Waals surface area contributed by atoms with Crippen LogP contribution in [0.2, 0.25) is 0 Å². The smallest absolute Gasteiger partial charge is 0.243 e. The molecule has 0 saturated carbocycles. The summed E-state index contributed by atoms with van der Waals surface area (Å²) < 4.78 is 46.6. The van der Waals surface area contributed by atoms with E-state index in [1.165, 1.54) is 22.5 Å². The van der Waals surface area contributed by atoms with Crippen LogP contribution in [0.1, 0.15) is 12.0 Å². The summed E-state index contributed by atoms with van der Waals surface area (Å²) in [6.07, 6.45) is 0.264. The molecule has 4 rings (SSSR count). The molecule has 0 radical (unpaired) electrons. The number of hydrogen-bond acceptors (Lipinski definition) is 6. The molecule has 0 aliphatic carbocycles. The highest BCUT2D eigenvalue weighted by Gasteiger charge is 2.39. The van der Waals surface area contributed by atoms with Gasteiger partial charge in [0.2, 0.25) is 10.0 Å². The molecule has 1 N–H and O–H groups in total. The molecule has 0 amide bonds. The largest absolute Gasteiger partial charge is 0.491 e. The normalized spacial score (nSPS) is 22.8. The van der Waals surface area contributed by atoms with Gasteiger partial charge in [-0.25, -0.2) is 12.8 Å². The van der Waals surface area contributed by atoms with Crippen LogP contribution in [0, 0.1) is 29.0 Å². The fourth-order valence-electron chi connectivity index (χ4n) is 4.63. The third-order valence-corrected chi connectivity index (χ3v) is 7.78. The lowest BCUT2D eigenvalue weighted by Crippen LogP contribution is -2.55. The van der Waals surface area contributed by atoms with Crippen LogP contribution < -0.4 is 4.74 Å². The van der Waals surface area contributed by atoms with Gasteiger partial charge in [0.15, 0.2) is 0 Å². The second-order valence-corrected chi connectivity index (χ2v) is 10.5. The highest BCUT2D eigenvalue weighted by Crippen LogP contribution is 2.32. The van der Waals surface area contributed by atoms with E-state index in [2.05, 4.69) is 4.90 Å². The maximum Gasteiger partial charge on any atom is 0.243 e. The third kappa shape index (κ3) is 5.27. The Balaban J connectivity index is 1.30. The molecular formula is C23H26FN3O4S. The van der Waals surface area contributed by atoms with E-state index < -0.39 is 21.9 Å². The molecule has 2 aromatic carbocycles. The van der Waals surface area contributed by atoms with Crippen molar-refractivity contribution >= 4 is 10.0 Å². The second-order valence-electron chi connectivity index (χ2n) is 8.57. The molecule has 2 fully saturated rings. The van der Waals surface area contributed by atoms with E-state index in [1.807, 2.05) is 6.07 Å². The first-order valence-corrected chi connectivity index (χ1v) is 12.1. The van der Waals surface area contributed by atoms with E-state index in [0.717, 1.165) is 12.5 Å². The number of halogens is 1. The molecule has 2 saturated heterocycles. The molecule has 3 unspecified atom stereocenters. The first-order chi connectivity index (χ1) is 15.3. The van der Waals surface area contributed by atoms with E-state index in [4.69, 9.17) is 10.00 Å². The van der Waals surface area contributed by atoms with Crippen LogP contribution in [0.5, 0.6) is 5.75 Å². The topological polar surface area (TPSA) is 93.9 Å². The number of benzene rings is 2. The molecule has 32 heavy (non-hydrogen) atoms. The monoisotopic (exact) mass is 459 g/mol. The van der Waals surface area contributed by atoms with Crippen LogP contribution in [0.4, 0.5) is 4.39 Å². The number of piperidine rings is 2. The average Bonchev–Trinajstić information content (AvgIpc) is 2.77. The Hall–Kier alpha value is -2.51. The predicted octanol–water partition coefficient (Wildman–Crippen LogP) is 2.08. The highest BCUT2D eigenvalue weighted by molar-refractivity contribution is 7.89. The zero-order valence-corrected chi connectivity index (χ0v) is 18.4. The number of rotatable bonds is 7. The van der Waals surface area contributed by atoms with Crippen molar-refractivity contribution in [3.8, 4) is 11.8 Å². The Bertz CT molecular complexity index is 1070. The summed E-state index contributed by atoms with van der Waals surface area (Å²) in [5.74, 6) is 0.360. The van der Waals surface area contributed by atoms with E-state index in [-0.39, 0.29) is 23.3 Å². The van der Waals surface area contributed by atoms with E-state index in [9.17, 15) is 17.9 Å². The Labute approximate surface area is 187 Å². The van der Waals surface area contributed by atoms with E-state index in [0.29, 0.717) is 44.0 Å². The maximum atomic E-state index is 13.5. The minimum atomic E-state index is -3.73. The number of sulfonamides is 1. The number of aliphatic hydroxyl groups is 1. The minimum Gasteiger partial charge on any atom is -0.491 e. The molecule has 9 heteroatoms. The number of β-amino-alcohol motifs (C(OH)–C–C–N with tert-alkyl or cyclic N) is 1. The van der Waals surface area contributed by atoms with Crippen molar-refractivity contribution in [1.82, 2.24) is 9.21 Å². The van der Waals surface area contributed by atoms with Crippen LogP contribution in [-0.4, -0.2) is 68.2 Å². The second kappa shape index (κ2) is 9.55. The molecule has 3 atom stereocenters. The van der Waals surface area contributed by atoms with Gasteiger partial charge in [0.05, 0.1) is 16.5 Å². The predicted molar refractivity (Wildman–Crippen MR) is 116 cm³/mol. The van der Waals surface area contributed by atoms with Crippen LogP contribution in [-0.2, 0) is 10.0 Å². The molecular weight excluding hydrogens is 433 g/mol. The van der Waals surface area contributed by atoms with Gasteiger partial charge in [-0.2, -0.15) is 9.57 Å². The summed E-state index contributed by atoms with van der Waals surface area (Å²) in [5.41, 5.74) is 0.547. The van der Waals surface area contributed by atoms with Crippen molar-refractivity contribution in [1.29, 1.82) is 5.26 Å². The van der Waals surface area contributed by atoms with Crippen LogP contribution in [0.15, 0.2) is 53.4 Å². The summed E-state index contributed by atoms with van der Waals surface area (Å²) in [6.45, 7) is 2.75. The molecule has 2 aliphatic heterocycles. The lowest BCUT2D eigenvalue weighted by Gasteiger charge is -2.45. The first-order valence-electron chi connectivity index (χ1n) is 10.6. The Kier molecular flexibility index (Phi) is 6.76.